The van der Waals surface area contributed by atoms with Crippen LogP contribution in [0.25, 0.3) is 0 Å². The highest BCUT2D eigenvalue weighted by Gasteiger charge is 2.23. The third-order valence-corrected chi connectivity index (χ3v) is 7.25. The van der Waals surface area contributed by atoms with E-state index >= 15 is 0 Å². The van der Waals surface area contributed by atoms with Crippen molar-refractivity contribution in [3.8, 4) is 0 Å². The molecular weight excluding hydrogens is 300 g/mol. The maximum atomic E-state index is 12.3. The van der Waals surface area contributed by atoms with E-state index in [1.165, 1.54) is 17.1 Å². The van der Waals surface area contributed by atoms with Gasteiger partial charge in [-0.1, -0.05) is 12.1 Å². The Hall–Kier alpha value is -0.650. The number of rotatable bonds is 3. The van der Waals surface area contributed by atoms with Gasteiger partial charge in [0.2, 0.25) is 0 Å². The Bertz CT molecular complexity index is 486. The molecule has 1 aromatic rings. The van der Waals surface area contributed by atoms with Gasteiger partial charge in [-0.2, -0.15) is 0 Å². The van der Waals surface area contributed by atoms with E-state index in [1.807, 2.05) is 35.7 Å². The van der Waals surface area contributed by atoms with Crippen LogP contribution in [0, 0.1) is 0 Å². The van der Waals surface area contributed by atoms with Gasteiger partial charge < -0.3 is 10.6 Å². The predicted molar refractivity (Wildman–Crippen MR) is 92.1 cm³/mol. The number of piperidine rings is 1. The van der Waals surface area contributed by atoms with Gasteiger partial charge in [-0.3, -0.25) is 4.79 Å². The van der Waals surface area contributed by atoms with Crippen LogP contribution in [0.3, 0.4) is 0 Å². The molecule has 2 heterocycles. The Morgan fingerprint density at radius 2 is 1.95 bits per heavy atom. The lowest BCUT2D eigenvalue weighted by Crippen LogP contribution is -2.51. The van der Waals surface area contributed by atoms with Gasteiger partial charge in [0.05, 0.1) is 4.58 Å². The van der Waals surface area contributed by atoms with Crippen molar-refractivity contribution in [2.75, 3.05) is 18.1 Å². The Morgan fingerprint density at radius 1 is 1.24 bits per heavy atom. The summed E-state index contributed by atoms with van der Waals surface area (Å²) in [6.07, 6.45) is 2.19. The molecule has 0 aliphatic carbocycles. The molecule has 2 aliphatic heterocycles. The number of carbonyl (C=O) groups is 1. The SMILES string of the molecule is CC1NCCCC1NC(=O)c1ccc(C2SCCS2)cc1. The topological polar surface area (TPSA) is 41.1 Å². The third kappa shape index (κ3) is 3.76. The lowest BCUT2D eigenvalue weighted by molar-refractivity contribution is 0.0920. The first-order chi connectivity index (χ1) is 10.2. The molecule has 1 aromatic carbocycles. The van der Waals surface area contributed by atoms with Crippen molar-refractivity contribution in [1.82, 2.24) is 10.6 Å². The van der Waals surface area contributed by atoms with Crippen molar-refractivity contribution in [2.45, 2.75) is 36.4 Å². The van der Waals surface area contributed by atoms with Crippen LogP contribution >= 0.6 is 23.5 Å². The van der Waals surface area contributed by atoms with Crippen LogP contribution in [-0.2, 0) is 0 Å². The van der Waals surface area contributed by atoms with Gasteiger partial charge in [-0.15, -0.1) is 23.5 Å². The van der Waals surface area contributed by atoms with Gasteiger partial charge in [0.15, 0.2) is 0 Å². The van der Waals surface area contributed by atoms with Crippen LogP contribution in [0.15, 0.2) is 24.3 Å². The van der Waals surface area contributed by atoms with E-state index < -0.39 is 0 Å². The normalized spacial score (nSPS) is 26.7. The summed E-state index contributed by atoms with van der Waals surface area (Å²) in [5.41, 5.74) is 2.09. The monoisotopic (exact) mass is 322 g/mol. The first kappa shape index (κ1) is 15.3. The molecule has 2 unspecified atom stereocenters. The largest absolute Gasteiger partial charge is 0.348 e. The molecule has 0 bridgehead atoms. The zero-order valence-corrected chi connectivity index (χ0v) is 13.9. The molecule has 1 amide bonds. The Balaban J connectivity index is 1.61. The zero-order valence-electron chi connectivity index (χ0n) is 12.3. The lowest BCUT2D eigenvalue weighted by Gasteiger charge is -2.30. The number of benzene rings is 1. The van der Waals surface area contributed by atoms with Gasteiger partial charge in [-0.25, -0.2) is 0 Å². The minimum Gasteiger partial charge on any atom is -0.348 e. The molecule has 2 atom stereocenters. The summed E-state index contributed by atoms with van der Waals surface area (Å²) in [5.74, 6) is 2.50. The Kier molecular flexibility index (Phi) is 5.14. The van der Waals surface area contributed by atoms with E-state index in [1.54, 1.807) is 0 Å². The molecule has 0 saturated carbocycles. The summed E-state index contributed by atoms with van der Waals surface area (Å²) in [5, 5.41) is 6.58. The van der Waals surface area contributed by atoms with Gasteiger partial charge >= 0.3 is 0 Å². The van der Waals surface area contributed by atoms with E-state index in [2.05, 4.69) is 29.7 Å². The molecule has 0 aromatic heterocycles. The van der Waals surface area contributed by atoms with E-state index in [0.29, 0.717) is 10.6 Å². The third-order valence-electron chi connectivity index (χ3n) is 4.15. The minimum absolute atomic E-state index is 0.0498. The molecule has 0 radical (unpaired) electrons. The highest BCUT2D eigenvalue weighted by molar-refractivity contribution is 8.19. The van der Waals surface area contributed by atoms with Crippen LogP contribution in [-0.4, -0.2) is 36.0 Å². The molecule has 2 saturated heterocycles. The Labute approximate surface area is 135 Å². The van der Waals surface area contributed by atoms with Gasteiger partial charge in [0.1, 0.15) is 0 Å². The number of nitrogens with one attached hydrogen (secondary N) is 2. The quantitative estimate of drug-likeness (QED) is 0.897. The fraction of sp³-hybridized carbons (Fsp3) is 0.562. The number of hydrogen-bond donors (Lipinski definition) is 2. The Morgan fingerprint density at radius 3 is 2.62 bits per heavy atom. The van der Waals surface area contributed by atoms with Crippen molar-refractivity contribution < 1.29 is 4.79 Å². The van der Waals surface area contributed by atoms with Crippen molar-refractivity contribution in [2.24, 2.45) is 0 Å². The van der Waals surface area contributed by atoms with E-state index in [4.69, 9.17) is 0 Å². The van der Waals surface area contributed by atoms with Crippen LogP contribution in [0.5, 0.6) is 0 Å². The van der Waals surface area contributed by atoms with Gasteiger partial charge in [-0.05, 0) is 44.0 Å². The zero-order chi connectivity index (χ0) is 14.7. The van der Waals surface area contributed by atoms with Crippen molar-refractivity contribution in [3.05, 3.63) is 35.4 Å². The van der Waals surface area contributed by atoms with Crippen molar-refractivity contribution in [3.63, 3.8) is 0 Å². The summed E-state index contributed by atoms with van der Waals surface area (Å²) in [4.78, 5) is 12.3. The summed E-state index contributed by atoms with van der Waals surface area (Å²) >= 11 is 3.99. The van der Waals surface area contributed by atoms with Crippen molar-refractivity contribution in [1.29, 1.82) is 0 Å². The standard InChI is InChI=1S/C16H22N2OS2/c1-11-14(3-2-8-17-11)18-15(19)12-4-6-13(7-5-12)16-20-9-10-21-16/h4-7,11,14,16-17H,2-3,8-10H2,1H3,(H,18,19). The number of thioether (sulfide) groups is 2. The summed E-state index contributed by atoms with van der Waals surface area (Å²) in [6, 6.07) is 8.73. The second-order valence-corrected chi connectivity index (χ2v) is 8.38. The molecule has 3 rings (SSSR count). The minimum atomic E-state index is 0.0498. The first-order valence-electron chi connectivity index (χ1n) is 7.61. The lowest BCUT2D eigenvalue weighted by atomic mass is 9.99. The van der Waals surface area contributed by atoms with Crippen LogP contribution in [0.2, 0.25) is 0 Å². The maximum Gasteiger partial charge on any atom is 0.251 e. The molecular formula is C16H22N2OS2. The van der Waals surface area contributed by atoms with Crippen LogP contribution in [0.1, 0.15) is 40.3 Å². The van der Waals surface area contributed by atoms with E-state index in [0.717, 1.165) is 24.9 Å². The maximum absolute atomic E-state index is 12.3. The van der Waals surface area contributed by atoms with E-state index in [-0.39, 0.29) is 11.9 Å². The molecule has 114 valence electrons. The average Bonchev–Trinajstić information content (AvgIpc) is 3.04. The molecule has 21 heavy (non-hydrogen) atoms. The summed E-state index contributed by atoms with van der Waals surface area (Å²) in [7, 11) is 0. The molecule has 3 nitrogen and oxygen atoms in total. The molecule has 5 heteroatoms. The van der Waals surface area contributed by atoms with E-state index in [9.17, 15) is 4.79 Å². The fourth-order valence-electron chi connectivity index (χ4n) is 2.84. The smallest absolute Gasteiger partial charge is 0.251 e. The highest BCUT2D eigenvalue weighted by atomic mass is 32.2. The average molecular weight is 322 g/mol. The molecule has 0 spiro atoms. The summed E-state index contributed by atoms with van der Waals surface area (Å²) in [6.45, 7) is 3.20. The van der Waals surface area contributed by atoms with Crippen LogP contribution < -0.4 is 10.6 Å². The second kappa shape index (κ2) is 7.07. The number of carbonyl (C=O) groups excluding carboxylic acids is 1. The molecule has 2 N–H and O–H groups in total. The second-order valence-electron chi connectivity index (χ2n) is 5.66. The van der Waals surface area contributed by atoms with Crippen LogP contribution in [0.4, 0.5) is 0 Å². The highest BCUT2D eigenvalue weighted by Crippen LogP contribution is 2.45. The number of hydrogen-bond acceptors (Lipinski definition) is 4. The fourth-order valence-corrected chi connectivity index (χ4v) is 5.69. The summed E-state index contributed by atoms with van der Waals surface area (Å²) < 4.78 is 0.546. The van der Waals surface area contributed by atoms with Gasteiger partial charge in [0, 0.05) is 29.2 Å². The van der Waals surface area contributed by atoms with Gasteiger partial charge in [0.25, 0.3) is 5.91 Å². The first-order valence-corrected chi connectivity index (χ1v) is 9.71. The predicted octanol–water partition coefficient (Wildman–Crippen LogP) is 3.04. The van der Waals surface area contributed by atoms with Crippen molar-refractivity contribution >= 4 is 29.4 Å². The number of amides is 1. The molecule has 2 fully saturated rings. The molecule has 2 aliphatic rings.